The van der Waals surface area contributed by atoms with Crippen LogP contribution in [0, 0.1) is 0 Å². The average molecular weight is 397 g/mol. The molecular formula is C18H28N4O4S. The molecule has 8 nitrogen and oxygen atoms in total. The zero-order valence-electron chi connectivity index (χ0n) is 15.8. The van der Waals surface area contributed by atoms with Crippen molar-refractivity contribution in [1.82, 2.24) is 20.1 Å². The molecule has 9 heteroatoms. The predicted molar refractivity (Wildman–Crippen MR) is 103 cm³/mol. The van der Waals surface area contributed by atoms with Crippen molar-refractivity contribution in [2.75, 3.05) is 72.9 Å². The third kappa shape index (κ3) is 6.62. The minimum atomic E-state index is -0.247. The topological polar surface area (TPSA) is 76.2 Å². The van der Waals surface area contributed by atoms with E-state index in [9.17, 15) is 4.79 Å². The van der Waals surface area contributed by atoms with Crippen molar-refractivity contribution in [3.8, 4) is 5.75 Å². The van der Waals surface area contributed by atoms with Crippen LogP contribution in [0.2, 0.25) is 0 Å². The second kappa shape index (κ2) is 10.8. The summed E-state index contributed by atoms with van der Waals surface area (Å²) in [5.41, 5.74) is 0. The summed E-state index contributed by atoms with van der Waals surface area (Å²) in [6.07, 6.45) is 1.71. The molecule has 1 N–H and O–H groups in total. The van der Waals surface area contributed by atoms with Gasteiger partial charge in [-0.05, 0) is 6.07 Å². The average Bonchev–Trinajstić information content (AvgIpc) is 2.73. The molecule has 0 saturated carbocycles. The van der Waals surface area contributed by atoms with Crippen LogP contribution in [-0.2, 0) is 14.3 Å². The molecule has 3 heterocycles. The molecule has 27 heavy (non-hydrogen) atoms. The summed E-state index contributed by atoms with van der Waals surface area (Å²) in [5.74, 6) is 0.772. The maximum Gasteiger partial charge on any atom is 0.235 e. The van der Waals surface area contributed by atoms with Gasteiger partial charge in [0.1, 0.15) is 16.0 Å². The molecule has 1 aromatic heterocycles. The Morgan fingerprint density at radius 3 is 2.56 bits per heavy atom. The number of amides is 1. The van der Waals surface area contributed by atoms with Crippen LogP contribution in [0.3, 0.4) is 0 Å². The van der Waals surface area contributed by atoms with Crippen molar-refractivity contribution in [2.45, 2.75) is 10.3 Å². The van der Waals surface area contributed by atoms with E-state index in [1.54, 1.807) is 19.4 Å². The van der Waals surface area contributed by atoms with Crippen molar-refractivity contribution >= 4 is 17.7 Å². The van der Waals surface area contributed by atoms with E-state index >= 15 is 0 Å². The molecule has 150 valence electrons. The summed E-state index contributed by atoms with van der Waals surface area (Å²) in [6, 6.07) is 3.67. The first-order chi connectivity index (χ1) is 13.2. The number of nitrogens with zero attached hydrogens (tertiary/aromatic N) is 3. The number of aromatic nitrogens is 1. The Bertz CT molecular complexity index is 594. The second-order valence-corrected chi connectivity index (χ2v) is 7.71. The summed E-state index contributed by atoms with van der Waals surface area (Å²) in [7, 11) is 1.63. The van der Waals surface area contributed by atoms with Crippen LogP contribution >= 0.6 is 11.8 Å². The smallest absolute Gasteiger partial charge is 0.235 e. The third-order valence-corrected chi connectivity index (χ3v) is 5.72. The lowest BCUT2D eigenvalue weighted by Gasteiger charge is -2.31. The van der Waals surface area contributed by atoms with Crippen LogP contribution < -0.4 is 10.1 Å². The van der Waals surface area contributed by atoms with Crippen LogP contribution in [0.1, 0.15) is 0 Å². The molecule has 0 aliphatic carbocycles. The van der Waals surface area contributed by atoms with Gasteiger partial charge in [0.15, 0.2) is 0 Å². The Kier molecular flexibility index (Phi) is 8.15. The normalized spacial score (nSPS) is 20.2. The second-order valence-electron chi connectivity index (χ2n) is 6.48. The summed E-state index contributed by atoms with van der Waals surface area (Å²) in [5, 5.41) is 3.62. The monoisotopic (exact) mass is 396 g/mol. The number of carbonyl (C=O) groups excluding carboxylic acids is 1. The minimum absolute atomic E-state index is 0.0302. The van der Waals surface area contributed by atoms with Gasteiger partial charge in [0.05, 0.1) is 40.2 Å². The fraction of sp³-hybridized carbons (Fsp3) is 0.667. The van der Waals surface area contributed by atoms with E-state index in [2.05, 4.69) is 20.1 Å². The highest BCUT2D eigenvalue weighted by Gasteiger charge is 2.25. The Morgan fingerprint density at radius 2 is 1.89 bits per heavy atom. The Hall–Kier alpha value is -1.39. The number of methoxy groups -OCH3 is 1. The Balaban J connectivity index is 1.60. The van der Waals surface area contributed by atoms with Crippen molar-refractivity contribution in [3.05, 3.63) is 18.3 Å². The molecule has 3 rings (SSSR count). The SMILES string of the molecule is COc1ccnc(SC(CN2CCOCC2)C(=O)NCN2CCOCC2)c1. The molecule has 1 unspecified atom stereocenters. The highest BCUT2D eigenvalue weighted by atomic mass is 32.2. The lowest BCUT2D eigenvalue weighted by atomic mass is 10.3. The van der Waals surface area contributed by atoms with Gasteiger partial charge in [-0.3, -0.25) is 14.6 Å². The minimum Gasteiger partial charge on any atom is -0.497 e. The number of carbonyl (C=O) groups is 1. The fourth-order valence-corrected chi connectivity index (χ4v) is 4.06. The maximum absolute atomic E-state index is 12.9. The molecule has 0 spiro atoms. The van der Waals surface area contributed by atoms with Gasteiger partial charge in [-0.25, -0.2) is 4.98 Å². The van der Waals surface area contributed by atoms with Crippen LogP contribution in [0.15, 0.2) is 23.4 Å². The van der Waals surface area contributed by atoms with E-state index in [1.165, 1.54) is 11.8 Å². The first kappa shape index (κ1) is 20.3. The highest BCUT2D eigenvalue weighted by molar-refractivity contribution is 8.00. The van der Waals surface area contributed by atoms with Gasteiger partial charge < -0.3 is 19.5 Å². The molecule has 2 fully saturated rings. The van der Waals surface area contributed by atoms with Crippen molar-refractivity contribution < 1.29 is 19.0 Å². The Morgan fingerprint density at radius 1 is 1.22 bits per heavy atom. The zero-order chi connectivity index (χ0) is 18.9. The van der Waals surface area contributed by atoms with Crippen molar-refractivity contribution in [3.63, 3.8) is 0 Å². The number of morpholine rings is 2. The molecule has 2 saturated heterocycles. The number of hydrogen-bond donors (Lipinski definition) is 1. The molecule has 1 atom stereocenters. The molecule has 0 radical (unpaired) electrons. The number of thioether (sulfide) groups is 1. The lowest BCUT2D eigenvalue weighted by Crippen LogP contribution is -2.49. The molecule has 2 aliphatic rings. The lowest BCUT2D eigenvalue weighted by molar-refractivity contribution is -0.122. The van der Waals surface area contributed by atoms with Crippen molar-refractivity contribution in [1.29, 1.82) is 0 Å². The van der Waals surface area contributed by atoms with Gasteiger partial charge in [0.25, 0.3) is 0 Å². The van der Waals surface area contributed by atoms with Crippen LogP contribution in [0.5, 0.6) is 5.75 Å². The first-order valence-corrected chi connectivity index (χ1v) is 10.2. The van der Waals surface area contributed by atoms with Gasteiger partial charge in [-0.1, -0.05) is 11.8 Å². The van der Waals surface area contributed by atoms with E-state index in [1.807, 2.05) is 6.07 Å². The van der Waals surface area contributed by atoms with E-state index in [4.69, 9.17) is 14.2 Å². The van der Waals surface area contributed by atoms with Gasteiger partial charge in [0, 0.05) is 45.0 Å². The third-order valence-electron chi connectivity index (χ3n) is 4.61. The quantitative estimate of drug-likeness (QED) is 0.629. The molecular weight excluding hydrogens is 368 g/mol. The number of ether oxygens (including phenoxy) is 3. The summed E-state index contributed by atoms with van der Waals surface area (Å²) < 4.78 is 16.1. The van der Waals surface area contributed by atoms with Crippen molar-refractivity contribution in [2.24, 2.45) is 0 Å². The number of nitrogens with one attached hydrogen (secondary N) is 1. The predicted octanol–water partition coefficient (Wildman–Crippen LogP) is 0.289. The number of pyridine rings is 1. The summed E-state index contributed by atoms with van der Waals surface area (Å²) in [4.78, 5) is 21.8. The first-order valence-electron chi connectivity index (χ1n) is 9.29. The molecule has 0 bridgehead atoms. The summed E-state index contributed by atoms with van der Waals surface area (Å²) in [6.45, 7) is 7.46. The standard InChI is InChI=1S/C18H28N4O4S/c1-24-15-2-3-19-17(12-15)27-16(13-21-4-8-25-9-5-21)18(23)20-14-22-6-10-26-11-7-22/h2-3,12,16H,4-11,13-14H2,1H3,(H,20,23). The van der Waals surface area contributed by atoms with E-state index in [0.29, 0.717) is 26.4 Å². The van der Waals surface area contributed by atoms with Crippen LogP contribution in [0.4, 0.5) is 0 Å². The zero-order valence-corrected chi connectivity index (χ0v) is 16.6. The van der Waals surface area contributed by atoms with E-state index in [-0.39, 0.29) is 11.2 Å². The molecule has 2 aliphatic heterocycles. The fourth-order valence-electron chi connectivity index (χ4n) is 2.98. The van der Waals surface area contributed by atoms with Gasteiger partial charge in [-0.15, -0.1) is 0 Å². The van der Waals surface area contributed by atoms with Gasteiger partial charge in [-0.2, -0.15) is 0 Å². The molecule has 1 aromatic rings. The molecule has 1 amide bonds. The summed E-state index contributed by atoms with van der Waals surface area (Å²) >= 11 is 1.48. The Labute approximate surface area is 164 Å². The van der Waals surface area contributed by atoms with E-state index < -0.39 is 0 Å². The molecule has 0 aromatic carbocycles. The van der Waals surface area contributed by atoms with Crippen LogP contribution in [0.25, 0.3) is 0 Å². The number of rotatable bonds is 8. The van der Waals surface area contributed by atoms with E-state index in [0.717, 1.165) is 50.2 Å². The van der Waals surface area contributed by atoms with Crippen LogP contribution in [-0.4, -0.2) is 98.9 Å². The maximum atomic E-state index is 12.9. The van der Waals surface area contributed by atoms with Gasteiger partial charge >= 0.3 is 0 Å². The number of hydrogen-bond acceptors (Lipinski definition) is 8. The van der Waals surface area contributed by atoms with Gasteiger partial charge in [0.2, 0.25) is 5.91 Å². The largest absolute Gasteiger partial charge is 0.497 e. The highest BCUT2D eigenvalue weighted by Crippen LogP contribution is 2.25.